The molecule has 0 spiro atoms. The van der Waals surface area contributed by atoms with E-state index in [0.717, 1.165) is 18.7 Å². The van der Waals surface area contributed by atoms with Gasteiger partial charge in [-0.2, -0.15) is 0 Å². The third-order valence-corrected chi connectivity index (χ3v) is 4.00. The molecule has 7 heteroatoms. The van der Waals surface area contributed by atoms with E-state index in [1.165, 1.54) is 6.20 Å². The minimum atomic E-state index is -0.903. The summed E-state index contributed by atoms with van der Waals surface area (Å²) in [6, 6.07) is 7.06. The highest BCUT2D eigenvalue weighted by Gasteiger charge is 2.21. The summed E-state index contributed by atoms with van der Waals surface area (Å²) in [5, 5.41) is 9.24. The van der Waals surface area contributed by atoms with Crippen LogP contribution in [0.25, 0.3) is 0 Å². The van der Waals surface area contributed by atoms with Gasteiger partial charge < -0.3 is 15.0 Å². The zero-order chi connectivity index (χ0) is 16.2. The van der Waals surface area contributed by atoms with Gasteiger partial charge in [0.25, 0.3) is 5.56 Å². The van der Waals surface area contributed by atoms with Gasteiger partial charge in [0.2, 0.25) is 0 Å². The zero-order valence-electron chi connectivity index (χ0n) is 12.6. The van der Waals surface area contributed by atoms with Crippen molar-refractivity contribution in [2.24, 2.45) is 0 Å². The van der Waals surface area contributed by atoms with Crippen molar-refractivity contribution >= 4 is 11.8 Å². The van der Waals surface area contributed by atoms with Crippen LogP contribution in [0.4, 0.5) is 5.82 Å². The lowest BCUT2D eigenvalue weighted by atomic mass is 10.1. The molecule has 0 amide bonds. The average Bonchev–Trinajstić information content (AvgIpc) is 2.56. The molecule has 1 aromatic carbocycles. The predicted molar refractivity (Wildman–Crippen MR) is 85.7 cm³/mol. The second-order valence-electron chi connectivity index (χ2n) is 5.47. The van der Waals surface area contributed by atoms with Crippen LogP contribution in [-0.2, 0) is 6.54 Å². The maximum Gasteiger partial charge on any atom is 0.336 e. The fraction of sp³-hybridized carbons (Fsp3) is 0.312. The van der Waals surface area contributed by atoms with Gasteiger partial charge in [-0.05, 0) is 11.6 Å². The lowest BCUT2D eigenvalue weighted by Gasteiger charge is -2.35. The Hall–Kier alpha value is -2.67. The average molecular weight is 314 g/mol. The van der Waals surface area contributed by atoms with E-state index in [1.807, 2.05) is 17.0 Å². The number of aromatic amines is 1. The van der Waals surface area contributed by atoms with Crippen LogP contribution < -0.4 is 10.5 Å². The second-order valence-corrected chi connectivity index (χ2v) is 5.47. The maximum atomic E-state index is 11.8. The first kappa shape index (κ1) is 15.2. The Balaban J connectivity index is 1.65. The molecule has 0 bridgehead atoms. The quantitative estimate of drug-likeness (QED) is 0.867. The van der Waals surface area contributed by atoms with Crippen LogP contribution in [-0.4, -0.2) is 52.1 Å². The number of aromatic nitrogens is 2. The number of carboxylic acid groups (broad SMARTS) is 1. The van der Waals surface area contributed by atoms with Crippen LogP contribution in [0.5, 0.6) is 0 Å². The summed E-state index contributed by atoms with van der Waals surface area (Å²) in [5.41, 5.74) is 0.970. The standard InChI is InChI=1S/C16H18N4O3/c21-15-14(17-5-6-18-15)20-9-7-19(8-10-20)11-12-3-1-2-4-13(12)16(22)23/h1-6H,7-11H2,(H,18,21)(H,22,23). The molecule has 1 aliphatic rings. The Morgan fingerprint density at radius 3 is 2.65 bits per heavy atom. The third kappa shape index (κ3) is 3.40. The van der Waals surface area contributed by atoms with Crippen molar-refractivity contribution in [1.29, 1.82) is 0 Å². The fourth-order valence-corrected chi connectivity index (χ4v) is 2.79. The number of aromatic carboxylic acids is 1. The van der Waals surface area contributed by atoms with Crippen molar-refractivity contribution in [3.8, 4) is 0 Å². The first-order valence-corrected chi connectivity index (χ1v) is 7.47. The number of carboxylic acids is 1. The molecule has 0 saturated carbocycles. The second kappa shape index (κ2) is 6.62. The minimum Gasteiger partial charge on any atom is -0.478 e. The summed E-state index contributed by atoms with van der Waals surface area (Å²) in [7, 11) is 0. The first-order chi connectivity index (χ1) is 11.1. The SMILES string of the molecule is O=C(O)c1ccccc1CN1CCN(c2ncc[nH]c2=O)CC1. The number of anilines is 1. The van der Waals surface area contributed by atoms with Gasteiger partial charge in [-0.15, -0.1) is 0 Å². The molecular formula is C16H18N4O3. The third-order valence-electron chi connectivity index (χ3n) is 4.00. The molecular weight excluding hydrogens is 296 g/mol. The van der Waals surface area contributed by atoms with E-state index in [9.17, 15) is 14.7 Å². The van der Waals surface area contributed by atoms with Gasteiger partial charge in [0.05, 0.1) is 5.56 Å². The smallest absolute Gasteiger partial charge is 0.336 e. The van der Waals surface area contributed by atoms with Crippen LogP contribution in [0.3, 0.4) is 0 Å². The fourth-order valence-electron chi connectivity index (χ4n) is 2.79. The van der Waals surface area contributed by atoms with Gasteiger partial charge in [-0.3, -0.25) is 9.69 Å². The Kier molecular flexibility index (Phi) is 4.38. The summed E-state index contributed by atoms with van der Waals surface area (Å²) in [6.45, 7) is 3.48. The van der Waals surface area contributed by atoms with E-state index in [-0.39, 0.29) is 5.56 Å². The minimum absolute atomic E-state index is 0.183. The van der Waals surface area contributed by atoms with Gasteiger partial charge >= 0.3 is 5.97 Å². The molecule has 2 aromatic rings. The Morgan fingerprint density at radius 1 is 1.22 bits per heavy atom. The van der Waals surface area contributed by atoms with Crippen molar-refractivity contribution in [2.45, 2.75) is 6.54 Å². The normalized spacial score (nSPS) is 15.6. The van der Waals surface area contributed by atoms with Gasteiger partial charge in [0.1, 0.15) is 0 Å². The highest BCUT2D eigenvalue weighted by atomic mass is 16.4. The molecule has 1 saturated heterocycles. The van der Waals surface area contributed by atoms with E-state index in [2.05, 4.69) is 14.9 Å². The van der Waals surface area contributed by atoms with E-state index in [4.69, 9.17) is 0 Å². The number of hydrogen-bond donors (Lipinski definition) is 2. The molecule has 1 aliphatic heterocycles. The summed E-state index contributed by atoms with van der Waals surface area (Å²) < 4.78 is 0. The molecule has 120 valence electrons. The molecule has 3 rings (SSSR count). The van der Waals surface area contributed by atoms with Crippen LogP contribution in [0.1, 0.15) is 15.9 Å². The molecule has 7 nitrogen and oxygen atoms in total. The maximum absolute atomic E-state index is 11.8. The molecule has 1 fully saturated rings. The van der Waals surface area contributed by atoms with Crippen molar-refractivity contribution in [3.05, 3.63) is 58.1 Å². The molecule has 1 aromatic heterocycles. The van der Waals surface area contributed by atoms with Crippen LogP contribution >= 0.6 is 0 Å². The van der Waals surface area contributed by atoms with Crippen molar-refractivity contribution < 1.29 is 9.90 Å². The monoisotopic (exact) mass is 314 g/mol. The van der Waals surface area contributed by atoms with Crippen LogP contribution in [0, 0.1) is 0 Å². The summed E-state index contributed by atoms with van der Waals surface area (Å²) >= 11 is 0. The van der Waals surface area contributed by atoms with E-state index >= 15 is 0 Å². The van der Waals surface area contributed by atoms with Gasteiger partial charge in [0, 0.05) is 45.1 Å². The lowest BCUT2D eigenvalue weighted by Crippen LogP contribution is -2.47. The topological polar surface area (TPSA) is 89.5 Å². The van der Waals surface area contributed by atoms with Crippen LogP contribution in [0.2, 0.25) is 0 Å². The van der Waals surface area contributed by atoms with Crippen LogP contribution in [0.15, 0.2) is 41.5 Å². The first-order valence-electron chi connectivity index (χ1n) is 7.47. The summed E-state index contributed by atoms with van der Waals surface area (Å²) in [4.78, 5) is 33.9. The number of hydrogen-bond acceptors (Lipinski definition) is 5. The molecule has 2 heterocycles. The summed E-state index contributed by atoms with van der Waals surface area (Å²) in [5.74, 6) is -0.461. The summed E-state index contributed by atoms with van der Waals surface area (Å²) in [6.07, 6.45) is 3.09. The molecule has 0 unspecified atom stereocenters. The van der Waals surface area contributed by atoms with E-state index in [0.29, 0.717) is 31.0 Å². The zero-order valence-corrected chi connectivity index (χ0v) is 12.6. The Labute approximate surface area is 133 Å². The van der Waals surface area contributed by atoms with Gasteiger partial charge in [-0.25, -0.2) is 9.78 Å². The molecule has 0 aliphatic carbocycles. The van der Waals surface area contributed by atoms with Crippen molar-refractivity contribution in [2.75, 3.05) is 31.1 Å². The predicted octanol–water partition coefficient (Wildman–Crippen LogP) is 0.790. The molecule has 0 atom stereocenters. The number of benzene rings is 1. The number of carbonyl (C=O) groups is 1. The number of rotatable bonds is 4. The number of piperazine rings is 1. The highest BCUT2D eigenvalue weighted by Crippen LogP contribution is 2.15. The van der Waals surface area contributed by atoms with E-state index < -0.39 is 5.97 Å². The van der Waals surface area contributed by atoms with Gasteiger partial charge in [0.15, 0.2) is 5.82 Å². The van der Waals surface area contributed by atoms with Crippen molar-refractivity contribution in [3.63, 3.8) is 0 Å². The number of H-pyrrole nitrogens is 1. The van der Waals surface area contributed by atoms with Gasteiger partial charge in [-0.1, -0.05) is 18.2 Å². The van der Waals surface area contributed by atoms with Crippen molar-refractivity contribution in [1.82, 2.24) is 14.9 Å². The molecule has 23 heavy (non-hydrogen) atoms. The molecule has 0 radical (unpaired) electrons. The number of nitrogens with one attached hydrogen (secondary N) is 1. The largest absolute Gasteiger partial charge is 0.478 e. The molecule has 2 N–H and O–H groups in total. The lowest BCUT2D eigenvalue weighted by molar-refractivity contribution is 0.0694. The Morgan fingerprint density at radius 2 is 1.96 bits per heavy atom. The highest BCUT2D eigenvalue weighted by molar-refractivity contribution is 5.89. The number of nitrogens with zero attached hydrogens (tertiary/aromatic N) is 3. The Bertz CT molecular complexity index is 751. The van der Waals surface area contributed by atoms with E-state index in [1.54, 1.807) is 18.3 Å².